The van der Waals surface area contributed by atoms with Gasteiger partial charge in [-0.2, -0.15) is 0 Å². The largest absolute Gasteiger partial charge is 0.377 e. The van der Waals surface area contributed by atoms with Gasteiger partial charge in [-0.3, -0.25) is 0 Å². The standard InChI is InChI=1S/C14H25NO/c1-2-3-4-5-6-8-11-15-13-14-10-7-9-12-16-14/h1,14-15H,3-13H2. The molecule has 0 aliphatic carbocycles. The van der Waals surface area contributed by atoms with Gasteiger partial charge in [0.25, 0.3) is 0 Å². The number of hydrogen-bond donors (Lipinski definition) is 1. The smallest absolute Gasteiger partial charge is 0.0699 e. The molecular weight excluding hydrogens is 198 g/mol. The number of hydrogen-bond acceptors (Lipinski definition) is 2. The highest BCUT2D eigenvalue weighted by molar-refractivity contribution is 4.82. The Hall–Kier alpha value is -0.520. The molecule has 1 atom stereocenters. The lowest BCUT2D eigenvalue weighted by Gasteiger charge is -2.22. The van der Waals surface area contributed by atoms with Gasteiger partial charge in [0, 0.05) is 19.6 Å². The monoisotopic (exact) mass is 223 g/mol. The molecule has 1 aliphatic rings. The van der Waals surface area contributed by atoms with Crippen molar-refractivity contribution in [2.75, 3.05) is 19.7 Å². The second-order valence-electron chi connectivity index (χ2n) is 4.56. The maximum absolute atomic E-state index is 5.65. The molecule has 16 heavy (non-hydrogen) atoms. The van der Waals surface area contributed by atoms with Crippen LogP contribution in [0.4, 0.5) is 0 Å². The lowest BCUT2D eigenvalue weighted by atomic mass is 10.1. The second-order valence-corrected chi connectivity index (χ2v) is 4.56. The number of ether oxygens (including phenoxy) is 1. The van der Waals surface area contributed by atoms with Gasteiger partial charge >= 0.3 is 0 Å². The number of rotatable bonds is 8. The van der Waals surface area contributed by atoms with E-state index in [4.69, 9.17) is 11.2 Å². The summed E-state index contributed by atoms with van der Waals surface area (Å²) in [5, 5.41) is 3.48. The van der Waals surface area contributed by atoms with Gasteiger partial charge in [-0.25, -0.2) is 0 Å². The average Bonchev–Trinajstić information content (AvgIpc) is 2.34. The molecule has 92 valence electrons. The van der Waals surface area contributed by atoms with Gasteiger partial charge in [0.05, 0.1) is 6.10 Å². The molecule has 1 saturated heterocycles. The fraction of sp³-hybridized carbons (Fsp3) is 0.857. The van der Waals surface area contributed by atoms with Crippen LogP contribution >= 0.6 is 0 Å². The molecular formula is C14H25NO. The quantitative estimate of drug-likeness (QED) is 0.504. The van der Waals surface area contributed by atoms with Crippen LogP contribution in [-0.4, -0.2) is 25.8 Å². The van der Waals surface area contributed by atoms with E-state index in [2.05, 4.69) is 11.2 Å². The molecule has 1 rings (SSSR count). The van der Waals surface area contributed by atoms with Gasteiger partial charge in [-0.1, -0.05) is 12.8 Å². The summed E-state index contributed by atoms with van der Waals surface area (Å²) in [4.78, 5) is 0. The van der Waals surface area contributed by atoms with E-state index in [1.54, 1.807) is 0 Å². The summed E-state index contributed by atoms with van der Waals surface area (Å²) in [5.74, 6) is 2.68. The molecule has 1 aliphatic heterocycles. The topological polar surface area (TPSA) is 21.3 Å². The molecule has 0 aromatic heterocycles. The number of nitrogens with one attached hydrogen (secondary N) is 1. The predicted octanol–water partition coefficient (Wildman–Crippen LogP) is 2.73. The molecule has 1 heterocycles. The average molecular weight is 223 g/mol. The summed E-state index contributed by atoms with van der Waals surface area (Å²) in [7, 11) is 0. The fourth-order valence-electron chi connectivity index (χ4n) is 2.06. The van der Waals surface area contributed by atoms with Crippen LogP contribution in [-0.2, 0) is 4.74 Å². The molecule has 2 nitrogen and oxygen atoms in total. The van der Waals surface area contributed by atoms with Crippen molar-refractivity contribution in [3.8, 4) is 12.3 Å². The molecule has 0 radical (unpaired) electrons. The minimum absolute atomic E-state index is 0.468. The first-order valence-electron chi connectivity index (χ1n) is 6.69. The van der Waals surface area contributed by atoms with Crippen molar-refractivity contribution in [2.24, 2.45) is 0 Å². The van der Waals surface area contributed by atoms with Crippen molar-refractivity contribution in [1.29, 1.82) is 0 Å². The molecule has 1 N–H and O–H groups in total. The van der Waals surface area contributed by atoms with E-state index in [0.29, 0.717) is 6.10 Å². The van der Waals surface area contributed by atoms with Crippen molar-refractivity contribution in [3.05, 3.63) is 0 Å². The summed E-state index contributed by atoms with van der Waals surface area (Å²) in [6, 6.07) is 0. The van der Waals surface area contributed by atoms with Crippen molar-refractivity contribution in [3.63, 3.8) is 0 Å². The number of unbranched alkanes of at least 4 members (excludes halogenated alkanes) is 4. The molecule has 2 heteroatoms. The van der Waals surface area contributed by atoms with E-state index >= 15 is 0 Å². The zero-order valence-corrected chi connectivity index (χ0v) is 10.3. The SMILES string of the molecule is C#CCCCCCCNCC1CCCCO1. The Labute approximate surface area is 100 Å². The van der Waals surface area contributed by atoms with Crippen molar-refractivity contribution >= 4 is 0 Å². The normalized spacial score (nSPS) is 20.6. The van der Waals surface area contributed by atoms with Crippen LogP contribution in [0.1, 0.15) is 51.4 Å². The zero-order valence-electron chi connectivity index (χ0n) is 10.3. The third-order valence-corrected chi connectivity index (χ3v) is 3.07. The zero-order chi connectivity index (χ0) is 11.5. The lowest BCUT2D eigenvalue weighted by Crippen LogP contribution is -2.32. The predicted molar refractivity (Wildman–Crippen MR) is 68.4 cm³/mol. The van der Waals surface area contributed by atoms with Gasteiger partial charge in [0.1, 0.15) is 0 Å². The fourth-order valence-corrected chi connectivity index (χ4v) is 2.06. The molecule has 0 amide bonds. The van der Waals surface area contributed by atoms with Crippen LogP contribution in [0, 0.1) is 12.3 Å². The van der Waals surface area contributed by atoms with E-state index in [9.17, 15) is 0 Å². The summed E-state index contributed by atoms with van der Waals surface area (Å²) in [5.41, 5.74) is 0. The molecule has 0 spiro atoms. The molecule has 0 saturated carbocycles. The van der Waals surface area contributed by atoms with Gasteiger partial charge in [0.15, 0.2) is 0 Å². The molecule has 1 unspecified atom stereocenters. The van der Waals surface area contributed by atoms with Crippen LogP contribution in [0.2, 0.25) is 0 Å². The maximum Gasteiger partial charge on any atom is 0.0699 e. The van der Waals surface area contributed by atoms with E-state index in [1.807, 2.05) is 0 Å². The van der Waals surface area contributed by atoms with Crippen molar-refractivity contribution in [2.45, 2.75) is 57.5 Å². The molecule has 0 bridgehead atoms. The van der Waals surface area contributed by atoms with E-state index in [-0.39, 0.29) is 0 Å². The number of terminal acetylenes is 1. The third kappa shape index (κ3) is 6.87. The molecule has 0 aromatic rings. The highest BCUT2D eigenvalue weighted by Crippen LogP contribution is 2.11. The molecule has 1 fully saturated rings. The Morgan fingerprint density at radius 2 is 2.06 bits per heavy atom. The second kappa shape index (κ2) is 9.69. The van der Waals surface area contributed by atoms with Crippen LogP contribution in [0.15, 0.2) is 0 Å². The first-order chi connectivity index (χ1) is 7.93. The van der Waals surface area contributed by atoms with Crippen LogP contribution in [0.25, 0.3) is 0 Å². The summed E-state index contributed by atoms with van der Waals surface area (Å²) in [6.45, 7) is 3.11. The third-order valence-electron chi connectivity index (χ3n) is 3.07. The van der Waals surface area contributed by atoms with E-state index in [0.717, 1.165) is 26.1 Å². The van der Waals surface area contributed by atoms with E-state index < -0.39 is 0 Å². The summed E-state index contributed by atoms with van der Waals surface area (Å²) < 4.78 is 5.65. The first-order valence-corrected chi connectivity index (χ1v) is 6.69. The highest BCUT2D eigenvalue weighted by Gasteiger charge is 2.12. The Balaban J connectivity index is 1.79. The maximum atomic E-state index is 5.65. The molecule has 0 aromatic carbocycles. The van der Waals surface area contributed by atoms with Gasteiger partial charge in [-0.15, -0.1) is 12.3 Å². The summed E-state index contributed by atoms with van der Waals surface area (Å²) in [6.07, 6.45) is 15.4. The van der Waals surface area contributed by atoms with E-state index in [1.165, 1.54) is 44.9 Å². The van der Waals surface area contributed by atoms with Crippen LogP contribution in [0.3, 0.4) is 0 Å². The van der Waals surface area contributed by atoms with Crippen molar-refractivity contribution < 1.29 is 4.74 Å². The van der Waals surface area contributed by atoms with Gasteiger partial charge in [-0.05, 0) is 38.6 Å². The first kappa shape index (κ1) is 13.5. The Morgan fingerprint density at radius 3 is 2.81 bits per heavy atom. The van der Waals surface area contributed by atoms with Gasteiger partial charge < -0.3 is 10.1 Å². The minimum atomic E-state index is 0.468. The Bertz CT molecular complexity index is 191. The van der Waals surface area contributed by atoms with Gasteiger partial charge in [0.2, 0.25) is 0 Å². The Kier molecular flexibility index (Phi) is 8.20. The lowest BCUT2D eigenvalue weighted by molar-refractivity contribution is 0.0170. The van der Waals surface area contributed by atoms with Crippen LogP contribution < -0.4 is 5.32 Å². The Morgan fingerprint density at radius 1 is 1.19 bits per heavy atom. The van der Waals surface area contributed by atoms with Crippen LogP contribution in [0.5, 0.6) is 0 Å². The summed E-state index contributed by atoms with van der Waals surface area (Å²) >= 11 is 0. The van der Waals surface area contributed by atoms with Crippen molar-refractivity contribution in [1.82, 2.24) is 5.32 Å². The minimum Gasteiger partial charge on any atom is -0.377 e. The highest BCUT2D eigenvalue weighted by atomic mass is 16.5.